The van der Waals surface area contributed by atoms with Gasteiger partial charge in [-0.3, -0.25) is 9.59 Å². The van der Waals surface area contributed by atoms with Crippen molar-refractivity contribution in [2.24, 2.45) is 0 Å². The van der Waals surface area contributed by atoms with E-state index in [2.05, 4.69) is 55.6 Å². The van der Waals surface area contributed by atoms with E-state index in [0.29, 0.717) is 19.4 Å². The largest absolute Gasteiger partial charge is 0.466 e. The van der Waals surface area contributed by atoms with Crippen molar-refractivity contribution < 1.29 is 24.5 Å². The zero-order valence-electron chi connectivity index (χ0n) is 51.0. The molecule has 0 rings (SSSR count). The van der Waals surface area contributed by atoms with Gasteiger partial charge in [0, 0.05) is 12.8 Å². The number of nitrogens with one attached hydrogen (secondary N) is 1. The number of rotatable bonds is 63. The number of carbonyl (C=O) groups is 2. The fourth-order valence-electron chi connectivity index (χ4n) is 10.4. The number of hydrogen-bond donors (Lipinski definition) is 3. The number of hydrogen-bond acceptors (Lipinski definition) is 5. The van der Waals surface area contributed by atoms with Crippen molar-refractivity contribution in [1.82, 2.24) is 5.32 Å². The summed E-state index contributed by atoms with van der Waals surface area (Å²) < 4.78 is 5.48. The van der Waals surface area contributed by atoms with Crippen LogP contribution >= 0.6 is 0 Å². The van der Waals surface area contributed by atoms with Gasteiger partial charge < -0.3 is 20.3 Å². The Morgan fingerprint density at radius 1 is 0.368 bits per heavy atom. The molecule has 1 amide bonds. The van der Waals surface area contributed by atoms with Gasteiger partial charge in [0.1, 0.15) is 0 Å². The van der Waals surface area contributed by atoms with E-state index in [1.807, 2.05) is 6.08 Å². The summed E-state index contributed by atoms with van der Waals surface area (Å²) in [6.07, 6.45) is 84.6. The summed E-state index contributed by atoms with van der Waals surface area (Å²) in [5.41, 5.74) is 0. The van der Waals surface area contributed by atoms with E-state index in [1.165, 1.54) is 283 Å². The first kappa shape index (κ1) is 73.8. The van der Waals surface area contributed by atoms with Crippen LogP contribution in [0.25, 0.3) is 0 Å². The Hall–Kier alpha value is -2.18. The lowest BCUT2D eigenvalue weighted by molar-refractivity contribution is -0.143. The van der Waals surface area contributed by atoms with Crippen molar-refractivity contribution in [2.75, 3.05) is 13.2 Å². The fraction of sp³-hybridized carbons (Fsp3) is 0.857. The van der Waals surface area contributed by atoms with E-state index in [0.717, 1.165) is 51.4 Å². The maximum Gasteiger partial charge on any atom is 0.305 e. The van der Waals surface area contributed by atoms with Crippen LogP contribution in [-0.4, -0.2) is 47.4 Å². The molecule has 0 aromatic carbocycles. The molecule has 0 aliphatic heterocycles. The Kier molecular flexibility index (Phi) is 63.5. The van der Waals surface area contributed by atoms with Crippen molar-refractivity contribution in [3.05, 3.63) is 48.6 Å². The fourth-order valence-corrected chi connectivity index (χ4v) is 10.4. The van der Waals surface area contributed by atoms with Gasteiger partial charge in [-0.25, -0.2) is 0 Å². The number of aliphatic hydroxyl groups is 2. The van der Waals surface area contributed by atoms with Gasteiger partial charge in [-0.05, 0) is 89.9 Å². The number of amides is 1. The first-order chi connectivity index (χ1) is 37.5. The average Bonchev–Trinajstić information content (AvgIpc) is 3.42. The van der Waals surface area contributed by atoms with Gasteiger partial charge in [-0.1, -0.05) is 306 Å². The Morgan fingerprint density at radius 2 is 0.658 bits per heavy atom. The molecule has 0 fully saturated rings. The molecule has 0 saturated heterocycles. The van der Waals surface area contributed by atoms with Crippen LogP contribution in [0.3, 0.4) is 0 Å². The standard InChI is InChI=1S/C70H131NO5/c1-3-5-7-9-11-13-15-17-19-20-31-35-38-42-46-50-54-58-62-68(73)67(66-72)71-69(74)63-59-55-51-47-43-39-36-32-29-27-25-23-21-22-24-26-28-30-33-37-41-45-49-53-57-61-65-76-70(75)64-60-56-52-48-44-40-34-18-16-14-12-10-8-6-4-2/h12,14,18,21,23,34,58,62,67-68,72-73H,3-11,13,15-17,19-20,22,24-33,35-57,59-61,63-66H2,1-2H3,(H,71,74)/b14-12-,23-21-,34-18-,62-58+. The third-order valence-corrected chi connectivity index (χ3v) is 15.6. The van der Waals surface area contributed by atoms with Gasteiger partial charge in [-0.2, -0.15) is 0 Å². The van der Waals surface area contributed by atoms with Crippen LogP contribution in [0.2, 0.25) is 0 Å². The van der Waals surface area contributed by atoms with Crippen molar-refractivity contribution >= 4 is 11.9 Å². The molecule has 3 N–H and O–H groups in total. The van der Waals surface area contributed by atoms with Gasteiger partial charge in [-0.15, -0.1) is 0 Å². The summed E-state index contributed by atoms with van der Waals surface area (Å²) in [5, 5.41) is 23.2. The van der Waals surface area contributed by atoms with Crippen LogP contribution in [-0.2, 0) is 14.3 Å². The number of allylic oxidation sites excluding steroid dienone is 7. The van der Waals surface area contributed by atoms with Gasteiger partial charge >= 0.3 is 5.97 Å². The molecule has 0 aromatic heterocycles. The Bertz CT molecular complexity index is 1270. The summed E-state index contributed by atoms with van der Waals surface area (Å²) in [5.74, 6) is -0.0679. The van der Waals surface area contributed by atoms with Crippen molar-refractivity contribution in [3.63, 3.8) is 0 Å². The molecule has 0 aliphatic carbocycles. The monoisotopic (exact) mass is 1070 g/mol. The van der Waals surface area contributed by atoms with Crippen LogP contribution < -0.4 is 5.32 Å². The highest BCUT2D eigenvalue weighted by molar-refractivity contribution is 5.76. The molecule has 0 saturated carbocycles. The molecule has 0 heterocycles. The third-order valence-electron chi connectivity index (χ3n) is 15.6. The Labute approximate surface area is 474 Å². The highest BCUT2D eigenvalue weighted by atomic mass is 16.5. The minimum atomic E-state index is -0.847. The van der Waals surface area contributed by atoms with Gasteiger partial charge in [0.15, 0.2) is 0 Å². The highest BCUT2D eigenvalue weighted by Gasteiger charge is 2.18. The van der Waals surface area contributed by atoms with E-state index < -0.39 is 12.1 Å². The predicted octanol–water partition coefficient (Wildman–Crippen LogP) is 21.7. The Morgan fingerprint density at radius 3 is 1.04 bits per heavy atom. The third kappa shape index (κ3) is 61.0. The SMILES string of the molecule is CCCCC/C=C\C/C=C\CCCCCCCC(=O)OCCCCCCCCCCCCCC/C=C\CCCCCCCCCCCCC(=O)NC(CO)C(O)/C=C/CCCCCCCCCCCCCCCCCC. The lowest BCUT2D eigenvalue weighted by Gasteiger charge is -2.20. The number of esters is 1. The van der Waals surface area contributed by atoms with Crippen LogP contribution in [0, 0.1) is 0 Å². The zero-order valence-corrected chi connectivity index (χ0v) is 51.0. The summed E-state index contributed by atoms with van der Waals surface area (Å²) in [7, 11) is 0. The number of unbranched alkanes of at least 4 members (excludes halogenated alkanes) is 46. The van der Waals surface area contributed by atoms with E-state index in [-0.39, 0.29) is 18.5 Å². The lowest BCUT2D eigenvalue weighted by Crippen LogP contribution is -2.45. The van der Waals surface area contributed by atoms with Gasteiger partial charge in [0.05, 0.1) is 25.4 Å². The molecule has 0 radical (unpaired) electrons. The second-order valence-electron chi connectivity index (χ2n) is 23.1. The normalized spacial score (nSPS) is 12.8. The van der Waals surface area contributed by atoms with E-state index in [4.69, 9.17) is 4.74 Å². The van der Waals surface area contributed by atoms with Crippen LogP contribution in [0.15, 0.2) is 48.6 Å². The van der Waals surface area contributed by atoms with Crippen LogP contribution in [0.5, 0.6) is 0 Å². The number of ether oxygens (including phenoxy) is 1. The van der Waals surface area contributed by atoms with Gasteiger partial charge in [0.25, 0.3) is 0 Å². The number of carbonyl (C=O) groups excluding carboxylic acids is 2. The molecule has 0 bridgehead atoms. The molecule has 0 spiro atoms. The molecule has 6 heteroatoms. The second-order valence-corrected chi connectivity index (χ2v) is 23.1. The molecule has 2 atom stereocenters. The molecular weight excluding hydrogens is 935 g/mol. The second kappa shape index (κ2) is 65.3. The summed E-state index contributed by atoms with van der Waals surface area (Å²) >= 11 is 0. The van der Waals surface area contributed by atoms with E-state index in [1.54, 1.807) is 6.08 Å². The smallest absolute Gasteiger partial charge is 0.305 e. The van der Waals surface area contributed by atoms with Gasteiger partial charge in [0.2, 0.25) is 5.91 Å². The van der Waals surface area contributed by atoms with Crippen LogP contribution in [0.1, 0.15) is 361 Å². The minimum Gasteiger partial charge on any atom is -0.466 e. The molecule has 446 valence electrons. The maximum atomic E-state index is 12.5. The molecular formula is C70H131NO5. The topological polar surface area (TPSA) is 95.9 Å². The van der Waals surface area contributed by atoms with Crippen molar-refractivity contribution in [1.29, 1.82) is 0 Å². The Balaban J connectivity index is 3.42. The van der Waals surface area contributed by atoms with Crippen molar-refractivity contribution in [2.45, 2.75) is 373 Å². The maximum absolute atomic E-state index is 12.5. The zero-order chi connectivity index (χ0) is 55.0. The quantitative estimate of drug-likeness (QED) is 0.0320. The molecule has 2 unspecified atom stereocenters. The van der Waals surface area contributed by atoms with E-state index >= 15 is 0 Å². The van der Waals surface area contributed by atoms with Crippen LogP contribution in [0.4, 0.5) is 0 Å². The van der Waals surface area contributed by atoms with E-state index in [9.17, 15) is 19.8 Å². The summed E-state index contributed by atoms with van der Waals surface area (Å²) in [6, 6.07) is -0.630. The summed E-state index contributed by atoms with van der Waals surface area (Å²) in [4.78, 5) is 24.6. The highest BCUT2D eigenvalue weighted by Crippen LogP contribution is 2.17. The predicted molar refractivity (Wildman–Crippen MR) is 333 cm³/mol. The first-order valence-corrected chi connectivity index (χ1v) is 33.9. The lowest BCUT2D eigenvalue weighted by atomic mass is 10.0. The molecule has 0 aliphatic rings. The minimum absolute atomic E-state index is 0.000131. The number of aliphatic hydroxyl groups excluding tert-OH is 2. The first-order valence-electron chi connectivity index (χ1n) is 33.9. The molecule has 6 nitrogen and oxygen atoms in total. The average molecular weight is 1070 g/mol. The summed E-state index contributed by atoms with van der Waals surface area (Å²) in [6.45, 7) is 4.89. The van der Waals surface area contributed by atoms with Crippen molar-refractivity contribution in [3.8, 4) is 0 Å². The molecule has 0 aromatic rings. The molecule has 76 heavy (non-hydrogen) atoms.